The topological polar surface area (TPSA) is 99.9 Å². The van der Waals surface area contributed by atoms with Crippen LogP contribution in [0.2, 0.25) is 0 Å². The van der Waals surface area contributed by atoms with Gasteiger partial charge in [-0.1, -0.05) is 30.4 Å². The van der Waals surface area contributed by atoms with Gasteiger partial charge in [-0.05, 0) is 45.4 Å². The summed E-state index contributed by atoms with van der Waals surface area (Å²) in [5.41, 5.74) is 0.835. The van der Waals surface area contributed by atoms with Crippen molar-refractivity contribution in [3.8, 4) is 0 Å². The van der Waals surface area contributed by atoms with Crippen molar-refractivity contribution in [2.24, 2.45) is 5.41 Å². The van der Waals surface area contributed by atoms with E-state index in [1.54, 1.807) is 13.0 Å². The van der Waals surface area contributed by atoms with Crippen molar-refractivity contribution >= 4 is 22.9 Å². The fourth-order valence-electron chi connectivity index (χ4n) is 2.50. The van der Waals surface area contributed by atoms with Gasteiger partial charge in [0.1, 0.15) is 5.41 Å². The lowest BCUT2D eigenvalue weighted by Gasteiger charge is -2.23. The maximum atomic E-state index is 11.4. The summed E-state index contributed by atoms with van der Waals surface area (Å²) in [6.07, 6.45) is 0.893. The van der Waals surface area contributed by atoms with E-state index in [1.165, 1.54) is 19.9 Å². The maximum Gasteiger partial charge on any atom is 0.315 e. The molecule has 1 aromatic carbocycles. The van der Waals surface area contributed by atoms with Crippen LogP contribution in [-0.2, 0) is 9.53 Å². The number of pyridine rings is 1. The number of carboxylic acids is 1. The van der Waals surface area contributed by atoms with Crippen molar-refractivity contribution in [3.05, 3.63) is 47.7 Å². The van der Waals surface area contributed by atoms with Gasteiger partial charge in [0, 0.05) is 5.39 Å². The standard InChI is InChI=1S/C20H25NO5/c1-12(26-14(3)23)17-8-7-16-6-5-15(11-18(16)21-17)9-10-20(4,13(2)22)19(24)25/h5-14,22-23H,1-4H3,(H,24,25). The summed E-state index contributed by atoms with van der Waals surface area (Å²) < 4.78 is 5.35. The smallest absolute Gasteiger partial charge is 0.315 e. The molecule has 1 heterocycles. The number of aliphatic hydroxyl groups is 2. The van der Waals surface area contributed by atoms with Crippen molar-refractivity contribution < 1.29 is 24.9 Å². The first-order valence-corrected chi connectivity index (χ1v) is 8.48. The molecule has 0 radical (unpaired) electrons. The number of aromatic nitrogens is 1. The maximum absolute atomic E-state index is 11.4. The van der Waals surface area contributed by atoms with Crippen LogP contribution >= 0.6 is 0 Å². The molecule has 26 heavy (non-hydrogen) atoms. The quantitative estimate of drug-likeness (QED) is 0.657. The lowest BCUT2D eigenvalue weighted by atomic mass is 9.84. The van der Waals surface area contributed by atoms with Crippen LogP contribution in [0.15, 0.2) is 36.4 Å². The monoisotopic (exact) mass is 359 g/mol. The second-order valence-electron chi connectivity index (χ2n) is 6.66. The van der Waals surface area contributed by atoms with Crippen LogP contribution in [0.3, 0.4) is 0 Å². The average Bonchev–Trinajstić information content (AvgIpc) is 2.57. The van der Waals surface area contributed by atoms with Gasteiger partial charge >= 0.3 is 5.97 Å². The van der Waals surface area contributed by atoms with Crippen LogP contribution in [0.5, 0.6) is 0 Å². The number of aliphatic hydroxyl groups excluding tert-OH is 2. The van der Waals surface area contributed by atoms with Crippen molar-refractivity contribution in [2.75, 3.05) is 0 Å². The molecule has 0 bridgehead atoms. The summed E-state index contributed by atoms with van der Waals surface area (Å²) >= 11 is 0. The summed E-state index contributed by atoms with van der Waals surface area (Å²) in [4.78, 5) is 16.0. The Morgan fingerprint density at radius 3 is 2.42 bits per heavy atom. The normalized spacial score (nSPS) is 17.8. The van der Waals surface area contributed by atoms with Crippen molar-refractivity contribution in [1.82, 2.24) is 4.98 Å². The van der Waals surface area contributed by atoms with Gasteiger partial charge in [0.2, 0.25) is 0 Å². The van der Waals surface area contributed by atoms with Gasteiger partial charge in [-0.15, -0.1) is 0 Å². The minimum absolute atomic E-state index is 0.357. The Bertz CT molecular complexity index is 815. The van der Waals surface area contributed by atoms with E-state index in [0.29, 0.717) is 5.69 Å². The van der Waals surface area contributed by atoms with Crippen LogP contribution in [0.4, 0.5) is 0 Å². The summed E-state index contributed by atoms with van der Waals surface area (Å²) in [5, 5.41) is 29.4. The molecule has 0 fully saturated rings. The van der Waals surface area contributed by atoms with Gasteiger partial charge in [0.05, 0.1) is 23.4 Å². The van der Waals surface area contributed by atoms with E-state index in [4.69, 9.17) is 4.74 Å². The molecule has 2 aromatic rings. The Labute approximate surface area is 152 Å². The molecule has 6 nitrogen and oxygen atoms in total. The van der Waals surface area contributed by atoms with Crippen LogP contribution in [-0.4, -0.2) is 38.7 Å². The Hall–Kier alpha value is -2.28. The molecule has 0 saturated carbocycles. The molecule has 2 rings (SSSR count). The molecule has 140 valence electrons. The minimum Gasteiger partial charge on any atom is -0.481 e. The molecule has 0 aliphatic carbocycles. The van der Waals surface area contributed by atoms with Crippen LogP contribution < -0.4 is 0 Å². The molecule has 0 aliphatic rings. The molecule has 4 unspecified atom stereocenters. The SMILES string of the molecule is CC(O)OC(C)c1ccc2ccc(C=CC(C)(C(=O)O)C(C)O)cc2n1. The Morgan fingerprint density at radius 1 is 1.19 bits per heavy atom. The van der Waals surface area contributed by atoms with Gasteiger partial charge in [-0.25, -0.2) is 0 Å². The molecule has 6 heteroatoms. The zero-order valence-corrected chi connectivity index (χ0v) is 15.4. The van der Waals surface area contributed by atoms with E-state index in [1.807, 2.05) is 37.3 Å². The molecule has 0 saturated heterocycles. The molecule has 0 spiro atoms. The first-order valence-electron chi connectivity index (χ1n) is 8.48. The number of nitrogens with zero attached hydrogens (tertiary/aromatic N) is 1. The highest BCUT2D eigenvalue weighted by molar-refractivity contribution is 5.83. The Kier molecular flexibility index (Phi) is 6.13. The zero-order chi connectivity index (χ0) is 19.5. The number of benzene rings is 1. The van der Waals surface area contributed by atoms with E-state index < -0.39 is 23.8 Å². The lowest BCUT2D eigenvalue weighted by molar-refractivity contribution is -0.150. The zero-order valence-electron chi connectivity index (χ0n) is 15.4. The van der Waals surface area contributed by atoms with Gasteiger partial charge in [0.25, 0.3) is 0 Å². The predicted molar refractivity (Wildman–Crippen MR) is 99.4 cm³/mol. The Morgan fingerprint density at radius 2 is 1.85 bits per heavy atom. The second kappa shape index (κ2) is 7.95. The summed E-state index contributed by atoms with van der Waals surface area (Å²) in [6.45, 7) is 6.28. The summed E-state index contributed by atoms with van der Waals surface area (Å²) in [5.74, 6) is -1.09. The second-order valence-corrected chi connectivity index (χ2v) is 6.66. The van der Waals surface area contributed by atoms with Gasteiger partial charge in [-0.3, -0.25) is 9.78 Å². The number of aliphatic carboxylic acids is 1. The first-order chi connectivity index (χ1) is 12.1. The van der Waals surface area contributed by atoms with E-state index >= 15 is 0 Å². The number of ether oxygens (including phenoxy) is 1. The van der Waals surface area contributed by atoms with E-state index in [0.717, 1.165) is 16.5 Å². The molecule has 0 aliphatic heterocycles. The molecule has 3 N–H and O–H groups in total. The average molecular weight is 359 g/mol. The molecule has 4 atom stereocenters. The van der Waals surface area contributed by atoms with Crippen LogP contribution in [0, 0.1) is 5.41 Å². The number of hydrogen-bond donors (Lipinski definition) is 3. The number of rotatable bonds is 7. The third kappa shape index (κ3) is 4.46. The molecule has 1 aromatic heterocycles. The highest BCUT2D eigenvalue weighted by atomic mass is 16.6. The third-order valence-corrected chi connectivity index (χ3v) is 4.51. The van der Waals surface area contributed by atoms with Gasteiger partial charge < -0.3 is 20.1 Å². The number of carbonyl (C=O) groups is 1. The molecular weight excluding hydrogens is 334 g/mol. The van der Waals surface area contributed by atoms with E-state index in [2.05, 4.69) is 4.98 Å². The highest BCUT2D eigenvalue weighted by Gasteiger charge is 2.35. The van der Waals surface area contributed by atoms with Crippen LogP contribution in [0.25, 0.3) is 17.0 Å². The van der Waals surface area contributed by atoms with Crippen molar-refractivity contribution in [1.29, 1.82) is 0 Å². The van der Waals surface area contributed by atoms with E-state index in [-0.39, 0.29) is 6.10 Å². The van der Waals surface area contributed by atoms with Crippen molar-refractivity contribution in [2.45, 2.75) is 46.2 Å². The first kappa shape index (κ1) is 20.0. The van der Waals surface area contributed by atoms with E-state index in [9.17, 15) is 20.1 Å². The minimum atomic E-state index is -1.37. The largest absolute Gasteiger partial charge is 0.481 e. The fourth-order valence-corrected chi connectivity index (χ4v) is 2.50. The van der Waals surface area contributed by atoms with Crippen molar-refractivity contribution in [3.63, 3.8) is 0 Å². The fraction of sp³-hybridized carbons (Fsp3) is 0.400. The number of fused-ring (bicyclic) bond motifs is 1. The lowest BCUT2D eigenvalue weighted by Crippen LogP contribution is -2.36. The number of hydrogen-bond acceptors (Lipinski definition) is 5. The predicted octanol–water partition coefficient (Wildman–Crippen LogP) is 3.14. The summed E-state index contributed by atoms with van der Waals surface area (Å²) in [6, 6.07) is 9.37. The Balaban J connectivity index is 2.35. The third-order valence-electron chi connectivity index (χ3n) is 4.51. The van der Waals surface area contributed by atoms with Gasteiger partial charge in [-0.2, -0.15) is 0 Å². The molecular formula is C20H25NO5. The highest BCUT2D eigenvalue weighted by Crippen LogP contribution is 2.26. The van der Waals surface area contributed by atoms with Gasteiger partial charge in [0.15, 0.2) is 6.29 Å². The number of carboxylic acid groups (broad SMARTS) is 1. The summed E-state index contributed by atoms with van der Waals surface area (Å²) in [7, 11) is 0. The van der Waals surface area contributed by atoms with Crippen LogP contribution in [0.1, 0.15) is 45.1 Å². The molecule has 0 amide bonds.